The van der Waals surface area contributed by atoms with Crippen molar-refractivity contribution in [3.05, 3.63) is 77.9 Å². The molecule has 1 saturated heterocycles. The summed E-state index contributed by atoms with van der Waals surface area (Å²) in [6.45, 7) is 0. The van der Waals surface area contributed by atoms with Crippen molar-refractivity contribution in [2.75, 3.05) is 12.1 Å². The number of hydrogen-bond donors (Lipinski definition) is 2. The van der Waals surface area contributed by atoms with E-state index in [9.17, 15) is 14.4 Å². The minimum Gasteiger partial charge on any atom is -0.497 e. The Hall–Kier alpha value is -4.14. The zero-order valence-corrected chi connectivity index (χ0v) is 17.7. The molecule has 0 bridgehead atoms. The van der Waals surface area contributed by atoms with E-state index in [0.717, 1.165) is 5.56 Å². The largest absolute Gasteiger partial charge is 0.497 e. The molecule has 1 aliphatic heterocycles. The smallest absolute Gasteiger partial charge is 0.252 e. The van der Waals surface area contributed by atoms with Crippen LogP contribution in [0, 0.1) is 0 Å². The van der Waals surface area contributed by atoms with E-state index < -0.39 is 6.04 Å². The Balaban J connectivity index is 1.56. The monoisotopic (exact) mass is 433 g/mol. The van der Waals surface area contributed by atoms with Crippen molar-refractivity contribution in [3.63, 3.8) is 0 Å². The molecular weight excluding hydrogens is 410 g/mol. The third-order valence-corrected chi connectivity index (χ3v) is 5.28. The van der Waals surface area contributed by atoms with Gasteiger partial charge in [-0.15, -0.1) is 0 Å². The minimum absolute atomic E-state index is 0.154. The second-order valence-corrected chi connectivity index (χ2v) is 7.39. The second-order valence-electron chi connectivity index (χ2n) is 7.39. The SMILES string of the molecule is COc1ccc(C(NC(=O)c2ccc(N3NC(=O)CCC3=O)cc2)c2nccn2C)cc1. The molecule has 9 nitrogen and oxygen atoms in total. The Kier molecular flexibility index (Phi) is 5.89. The van der Waals surface area contributed by atoms with Crippen molar-refractivity contribution in [3.8, 4) is 5.75 Å². The summed E-state index contributed by atoms with van der Waals surface area (Å²) in [5.74, 6) is 0.685. The summed E-state index contributed by atoms with van der Waals surface area (Å²) in [6.07, 6.45) is 3.82. The van der Waals surface area contributed by atoms with Gasteiger partial charge in [-0.25, -0.2) is 9.99 Å². The molecule has 2 heterocycles. The third-order valence-electron chi connectivity index (χ3n) is 5.28. The first-order chi connectivity index (χ1) is 15.5. The van der Waals surface area contributed by atoms with Gasteiger partial charge in [0, 0.05) is 37.8 Å². The number of aromatic nitrogens is 2. The van der Waals surface area contributed by atoms with Gasteiger partial charge >= 0.3 is 0 Å². The van der Waals surface area contributed by atoms with Crippen LogP contribution < -0.4 is 20.5 Å². The van der Waals surface area contributed by atoms with E-state index in [2.05, 4.69) is 15.7 Å². The van der Waals surface area contributed by atoms with Crippen molar-refractivity contribution in [2.45, 2.75) is 18.9 Å². The Bertz CT molecular complexity index is 1140. The number of methoxy groups -OCH3 is 1. The summed E-state index contributed by atoms with van der Waals surface area (Å²) in [5.41, 5.74) is 4.31. The third kappa shape index (κ3) is 4.31. The van der Waals surface area contributed by atoms with Gasteiger partial charge in [-0.3, -0.25) is 19.8 Å². The van der Waals surface area contributed by atoms with Crippen LogP contribution in [0.25, 0.3) is 0 Å². The Labute approximate surface area is 185 Å². The van der Waals surface area contributed by atoms with E-state index in [4.69, 9.17) is 4.74 Å². The van der Waals surface area contributed by atoms with E-state index in [1.54, 1.807) is 37.6 Å². The van der Waals surface area contributed by atoms with Gasteiger partial charge in [-0.05, 0) is 42.0 Å². The molecule has 9 heteroatoms. The highest BCUT2D eigenvalue weighted by Gasteiger charge is 2.25. The van der Waals surface area contributed by atoms with Crippen molar-refractivity contribution in [1.29, 1.82) is 0 Å². The van der Waals surface area contributed by atoms with Crippen LogP contribution in [0.4, 0.5) is 5.69 Å². The summed E-state index contributed by atoms with van der Waals surface area (Å²) in [4.78, 5) is 41.1. The Morgan fingerprint density at radius 1 is 1.09 bits per heavy atom. The fourth-order valence-electron chi connectivity index (χ4n) is 3.51. The molecule has 32 heavy (non-hydrogen) atoms. The van der Waals surface area contributed by atoms with Crippen LogP contribution in [0.1, 0.15) is 40.6 Å². The Morgan fingerprint density at radius 2 is 1.81 bits per heavy atom. The van der Waals surface area contributed by atoms with Gasteiger partial charge < -0.3 is 14.6 Å². The van der Waals surface area contributed by atoms with Crippen molar-refractivity contribution >= 4 is 23.4 Å². The highest BCUT2D eigenvalue weighted by molar-refractivity contribution is 6.01. The number of benzene rings is 2. The summed E-state index contributed by atoms with van der Waals surface area (Å²) >= 11 is 0. The highest BCUT2D eigenvalue weighted by Crippen LogP contribution is 2.24. The molecule has 2 N–H and O–H groups in total. The number of amides is 3. The lowest BCUT2D eigenvalue weighted by atomic mass is 10.0. The van der Waals surface area contributed by atoms with E-state index in [-0.39, 0.29) is 30.6 Å². The number of hydrogen-bond acceptors (Lipinski definition) is 5. The second kappa shape index (κ2) is 8.93. The number of hydrazine groups is 1. The highest BCUT2D eigenvalue weighted by atomic mass is 16.5. The molecule has 0 spiro atoms. The standard InChI is InChI=1S/C23H23N5O4/c1-27-14-13-24-22(27)21(15-5-9-18(32-2)10-6-15)25-23(31)16-3-7-17(8-4-16)28-20(30)12-11-19(29)26-28/h3-10,13-14,21H,11-12H2,1-2H3,(H,25,31)(H,26,29). The van der Waals surface area contributed by atoms with E-state index in [1.165, 1.54) is 5.01 Å². The molecule has 4 rings (SSSR count). The average molecular weight is 433 g/mol. The van der Waals surface area contributed by atoms with Gasteiger partial charge in [-0.1, -0.05) is 12.1 Å². The van der Waals surface area contributed by atoms with Crippen LogP contribution in [-0.2, 0) is 16.6 Å². The number of ether oxygens (including phenoxy) is 1. The molecule has 2 aromatic carbocycles. The Morgan fingerprint density at radius 3 is 2.44 bits per heavy atom. The van der Waals surface area contributed by atoms with Crippen LogP contribution in [-0.4, -0.2) is 34.4 Å². The number of imidazole rings is 1. The lowest BCUT2D eigenvalue weighted by Gasteiger charge is -2.27. The predicted octanol–water partition coefficient (Wildman–Crippen LogP) is 2.11. The molecule has 1 aromatic heterocycles. The predicted molar refractivity (Wildman–Crippen MR) is 117 cm³/mol. The quantitative estimate of drug-likeness (QED) is 0.619. The van der Waals surface area contributed by atoms with Crippen molar-refractivity contribution in [2.24, 2.45) is 7.05 Å². The van der Waals surface area contributed by atoms with Gasteiger partial charge in [-0.2, -0.15) is 0 Å². The molecule has 0 radical (unpaired) electrons. The average Bonchev–Trinajstić information content (AvgIpc) is 3.24. The molecule has 0 saturated carbocycles. The van der Waals surface area contributed by atoms with E-state index in [1.807, 2.05) is 42.1 Å². The number of anilines is 1. The maximum atomic E-state index is 13.0. The lowest BCUT2D eigenvalue weighted by molar-refractivity contribution is -0.130. The zero-order valence-electron chi connectivity index (χ0n) is 17.7. The van der Waals surface area contributed by atoms with Gasteiger partial charge in [0.05, 0.1) is 12.8 Å². The molecular formula is C23H23N5O4. The fourth-order valence-corrected chi connectivity index (χ4v) is 3.51. The van der Waals surface area contributed by atoms with Crippen LogP contribution in [0.3, 0.4) is 0 Å². The number of nitrogens with one attached hydrogen (secondary N) is 2. The molecule has 1 atom stereocenters. The first kappa shape index (κ1) is 21.1. The lowest BCUT2D eigenvalue weighted by Crippen LogP contribution is -2.50. The first-order valence-electron chi connectivity index (χ1n) is 10.1. The van der Waals surface area contributed by atoms with Gasteiger partial charge in [0.1, 0.15) is 17.6 Å². The van der Waals surface area contributed by atoms with Gasteiger partial charge in [0.15, 0.2) is 0 Å². The molecule has 0 aliphatic carbocycles. The topological polar surface area (TPSA) is 106 Å². The number of carbonyl (C=O) groups excluding carboxylic acids is 3. The maximum Gasteiger partial charge on any atom is 0.252 e. The number of aryl methyl sites for hydroxylation is 1. The zero-order chi connectivity index (χ0) is 22.7. The van der Waals surface area contributed by atoms with Crippen LogP contribution in [0.15, 0.2) is 60.9 Å². The molecule has 1 aliphatic rings. The number of nitrogens with zero attached hydrogens (tertiary/aromatic N) is 3. The fraction of sp³-hybridized carbons (Fsp3) is 0.217. The molecule has 164 valence electrons. The molecule has 1 fully saturated rings. The molecule has 3 amide bonds. The van der Waals surface area contributed by atoms with Crippen molar-refractivity contribution in [1.82, 2.24) is 20.3 Å². The van der Waals surface area contributed by atoms with Crippen LogP contribution in [0.5, 0.6) is 5.75 Å². The summed E-state index contributed by atoms with van der Waals surface area (Å²) in [6, 6.07) is 13.4. The maximum absolute atomic E-state index is 13.0. The molecule has 3 aromatic rings. The summed E-state index contributed by atoms with van der Waals surface area (Å²) in [5, 5.41) is 4.24. The minimum atomic E-state index is -0.476. The first-order valence-corrected chi connectivity index (χ1v) is 10.1. The van der Waals surface area contributed by atoms with Gasteiger partial charge in [0.2, 0.25) is 11.8 Å². The summed E-state index contributed by atoms with van der Waals surface area (Å²) < 4.78 is 7.08. The van der Waals surface area contributed by atoms with Crippen LogP contribution >= 0.6 is 0 Å². The van der Waals surface area contributed by atoms with E-state index >= 15 is 0 Å². The van der Waals surface area contributed by atoms with E-state index in [0.29, 0.717) is 22.8 Å². The van der Waals surface area contributed by atoms with Crippen LogP contribution in [0.2, 0.25) is 0 Å². The normalized spacial score (nSPS) is 14.6. The van der Waals surface area contributed by atoms with Crippen molar-refractivity contribution < 1.29 is 19.1 Å². The number of rotatable bonds is 6. The summed E-state index contributed by atoms with van der Waals surface area (Å²) in [7, 11) is 3.46. The van der Waals surface area contributed by atoms with Gasteiger partial charge in [0.25, 0.3) is 5.91 Å². The molecule has 1 unspecified atom stereocenters. The number of carbonyl (C=O) groups is 3.